The van der Waals surface area contributed by atoms with Crippen LogP contribution in [0.4, 0.5) is 4.79 Å². The fourth-order valence-corrected chi connectivity index (χ4v) is 8.66. The summed E-state index contributed by atoms with van der Waals surface area (Å²) in [6, 6.07) is 24.9. The number of benzene rings is 4. The van der Waals surface area contributed by atoms with Gasteiger partial charge in [-0.05, 0) is 99.9 Å². The zero-order valence-corrected chi connectivity index (χ0v) is 37.9. The molecular weight excluding hydrogens is 855 g/mol. The van der Waals surface area contributed by atoms with Crippen LogP contribution in [0.1, 0.15) is 42.3 Å². The normalized spacial score (nSPS) is 21.0. The highest BCUT2D eigenvalue weighted by Gasteiger charge is 2.43. The lowest BCUT2D eigenvalue weighted by atomic mass is 9.82. The molecule has 2 bridgehead atoms. The molecule has 5 aromatic rings. The summed E-state index contributed by atoms with van der Waals surface area (Å²) in [5.74, 6) is 0.117. The number of nitrogens with one attached hydrogen (secondary N) is 3. The van der Waals surface area contributed by atoms with Gasteiger partial charge in [-0.1, -0.05) is 71.7 Å². The monoisotopic (exact) mass is 908 g/mol. The van der Waals surface area contributed by atoms with Gasteiger partial charge in [-0.25, -0.2) is 9.78 Å². The van der Waals surface area contributed by atoms with E-state index in [4.69, 9.17) is 27.9 Å². The van der Waals surface area contributed by atoms with E-state index in [1.165, 1.54) is 11.8 Å². The number of hydrogen-bond acceptors (Lipinski definition) is 8. The highest BCUT2D eigenvalue weighted by atomic mass is 35.5. The van der Waals surface area contributed by atoms with Crippen LogP contribution in [0.5, 0.6) is 11.5 Å². The van der Waals surface area contributed by atoms with E-state index in [1.807, 2.05) is 98.6 Å². The van der Waals surface area contributed by atoms with Crippen LogP contribution in [0, 0.1) is 0 Å². The predicted octanol–water partition coefficient (Wildman–Crippen LogP) is 5.97. The zero-order chi connectivity index (χ0) is 45.5. The number of rotatable bonds is 12. The number of carbonyl (C=O) groups is 4. The van der Waals surface area contributed by atoms with Crippen molar-refractivity contribution in [3.8, 4) is 22.8 Å². The first kappa shape index (κ1) is 46.1. The standard InChI is InChI=1S/C48H54Cl2N8O6/c1-31-44(60)52-40(29-59)45(61)54-48(25-33-11-16-36(49)17-12-33)21-8-22-57(30-48)46(62)39(23-32-9-6-5-7-10-32)53-47(63)58(31)27-35-13-18-37(50)24-42(35)64-38-19-14-34(15-20-38)41-26-51-43(56(41)4)28-55(2)3/h5-7,9-20,24,26,31,39-40,59H,8,21-23,25,27-30H2,1-4H3,(H,52,60)(H,53,63)(H,54,61). The number of hydrogen-bond donors (Lipinski definition) is 4. The minimum absolute atomic E-state index is 0.125. The molecule has 1 aromatic heterocycles. The number of urea groups is 1. The molecular formula is C48H54Cl2N8O6. The molecule has 4 atom stereocenters. The molecule has 14 nitrogen and oxygen atoms in total. The Morgan fingerprint density at radius 2 is 1.59 bits per heavy atom. The molecule has 5 amide bonds. The molecule has 0 radical (unpaired) electrons. The summed E-state index contributed by atoms with van der Waals surface area (Å²) in [6.45, 7) is 1.87. The van der Waals surface area contributed by atoms with Crippen molar-refractivity contribution >= 4 is 47.0 Å². The van der Waals surface area contributed by atoms with E-state index < -0.39 is 48.1 Å². The van der Waals surface area contributed by atoms with E-state index in [1.54, 1.807) is 35.2 Å². The van der Waals surface area contributed by atoms with Crippen molar-refractivity contribution in [1.29, 1.82) is 0 Å². The van der Waals surface area contributed by atoms with Crippen LogP contribution in [0.2, 0.25) is 10.0 Å². The van der Waals surface area contributed by atoms with Gasteiger partial charge in [-0.3, -0.25) is 14.4 Å². The third kappa shape index (κ3) is 11.0. The maximum atomic E-state index is 14.8. The quantitative estimate of drug-likeness (QED) is 0.119. The highest BCUT2D eigenvalue weighted by molar-refractivity contribution is 6.31. The first-order chi connectivity index (χ1) is 30.7. The Labute approximate surface area is 383 Å². The highest BCUT2D eigenvalue weighted by Crippen LogP contribution is 2.33. The number of aliphatic hydroxyl groups is 1. The van der Waals surface area contributed by atoms with E-state index in [0.29, 0.717) is 59.5 Å². The van der Waals surface area contributed by atoms with E-state index in [-0.39, 0.29) is 25.4 Å². The molecule has 0 spiro atoms. The molecule has 7 rings (SSSR count). The Bertz CT molecular complexity index is 2450. The largest absolute Gasteiger partial charge is 0.457 e. The second-order valence-electron chi connectivity index (χ2n) is 16.9. The molecule has 2 saturated heterocycles. The number of amides is 5. The molecule has 336 valence electrons. The Morgan fingerprint density at radius 1 is 0.875 bits per heavy atom. The summed E-state index contributed by atoms with van der Waals surface area (Å²) in [4.78, 5) is 67.5. The number of aromatic nitrogens is 2. The minimum Gasteiger partial charge on any atom is -0.457 e. The first-order valence-electron chi connectivity index (χ1n) is 21.3. The van der Waals surface area contributed by atoms with E-state index in [9.17, 15) is 24.3 Å². The number of halogens is 2. The second-order valence-corrected chi connectivity index (χ2v) is 17.8. The topological polar surface area (TPSA) is 161 Å². The molecule has 16 heteroatoms. The van der Waals surface area contributed by atoms with E-state index in [2.05, 4.69) is 25.8 Å². The van der Waals surface area contributed by atoms with Gasteiger partial charge >= 0.3 is 6.03 Å². The number of fused-ring (bicyclic) bond motifs is 2. The molecule has 2 aliphatic heterocycles. The maximum Gasteiger partial charge on any atom is 0.319 e. The van der Waals surface area contributed by atoms with Crippen LogP contribution in [0.15, 0.2) is 103 Å². The van der Waals surface area contributed by atoms with Gasteiger partial charge in [-0.15, -0.1) is 0 Å². The lowest BCUT2D eigenvalue weighted by molar-refractivity contribution is -0.138. The van der Waals surface area contributed by atoms with Crippen molar-refractivity contribution in [3.05, 3.63) is 136 Å². The van der Waals surface area contributed by atoms with Gasteiger partial charge in [0.15, 0.2) is 0 Å². The third-order valence-corrected chi connectivity index (χ3v) is 12.3. The first-order valence-corrected chi connectivity index (χ1v) is 22.1. The average Bonchev–Trinajstić information content (AvgIpc) is 3.63. The molecule has 3 heterocycles. The van der Waals surface area contributed by atoms with Gasteiger partial charge < -0.3 is 45.1 Å². The Morgan fingerprint density at radius 3 is 2.30 bits per heavy atom. The maximum absolute atomic E-state index is 14.8. The smallest absolute Gasteiger partial charge is 0.319 e. The molecule has 2 fully saturated rings. The van der Waals surface area contributed by atoms with E-state index in [0.717, 1.165) is 28.2 Å². The molecule has 0 saturated carbocycles. The molecule has 4 unspecified atom stereocenters. The van der Waals surface area contributed by atoms with E-state index >= 15 is 0 Å². The SMILES string of the molecule is CC1C(=O)NC(CO)C(=O)NC2(Cc3ccc(Cl)cc3)CCCN(C2)C(=O)C(Cc2ccccc2)NC(=O)N1Cc1ccc(Cl)cc1Oc1ccc(-c2cnc(CN(C)C)n2C)cc1. The van der Waals surface area contributed by atoms with Crippen molar-refractivity contribution in [3.63, 3.8) is 0 Å². The molecule has 0 aliphatic carbocycles. The number of aliphatic hydroxyl groups excluding tert-OH is 1. The molecule has 4 N–H and O–H groups in total. The second kappa shape index (κ2) is 20.3. The zero-order valence-electron chi connectivity index (χ0n) is 36.4. The third-order valence-electron chi connectivity index (χ3n) is 11.8. The number of ether oxygens (including phenoxy) is 1. The number of nitrogens with zero attached hydrogens (tertiary/aromatic N) is 5. The fourth-order valence-electron chi connectivity index (χ4n) is 8.37. The number of carbonyl (C=O) groups excluding carboxylic acids is 4. The van der Waals surface area contributed by atoms with Crippen LogP contribution >= 0.6 is 23.2 Å². The Balaban J connectivity index is 1.20. The summed E-state index contributed by atoms with van der Waals surface area (Å²) in [7, 11) is 5.96. The summed E-state index contributed by atoms with van der Waals surface area (Å²) < 4.78 is 8.46. The van der Waals surface area contributed by atoms with Crippen molar-refractivity contribution in [2.45, 2.75) is 69.4 Å². The minimum atomic E-state index is -1.36. The van der Waals surface area contributed by atoms with Gasteiger partial charge in [0, 0.05) is 47.7 Å². The average molecular weight is 910 g/mol. The van der Waals surface area contributed by atoms with Crippen LogP contribution < -0.4 is 20.7 Å². The Hall–Kier alpha value is -5.93. The number of imidazole rings is 1. The lowest BCUT2D eigenvalue weighted by Gasteiger charge is -2.45. The van der Waals surface area contributed by atoms with Crippen LogP contribution in [-0.2, 0) is 47.4 Å². The van der Waals surface area contributed by atoms with Gasteiger partial charge in [0.25, 0.3) is 0 Å². The Kier molecular flexibility index (Phi) is 14.6. The van der Waals surface area contributed by atoms with Crippen molar-refractivity contribution in [2.24, 2.45) is 7.05 Å². The molecule has 64 heavy (non-hydrogen) atoms. The van der Waals surface area contributed by atoms with Gasteiger partial charge in [0.1, 0.15) is 35.4 Å². The summed E-state index contributed by atoms with van der Waals surface area (Å²) in [6.07, 6.45) is 3.43. The summed E-state index contributed by atoms with van der Waals surface area (Å²) >= 11 is 12.7. The summed E-state index contributed by atoms with van der Waals surface area (Å²) in [5.41, 5.74) is 3.13. The van der Waals surface area contributed by atoms with Crippen molar-refractivity contribution in [2.75, 3.05) is 33.8 Å². The lowest BCUT2D eigenvalue weighted by Crippen LogP contribution is -2.67. The fraction of sp³-hybridized carbons (Fsp3) is 0.354. The molecule has 4 aromatic carbocycles. The van der Waals surface area contributed by atoms with Gasteiger partial charge in [-0.2, -0.15) is 0 Å². The van der Waals surface area contributed by atoms with Crippen molar-refractivity contribution < 1.29 is 29.0 Å². The van der Waals surface area contributed by atoms with Crippen molar-refractivity contribution in [1.82, 2.24) is 40.2 Å². The predicted molar refractivity (Wildman–Crippen MR) is 246 cm³/mol. The van der Waals surface area contributed by atoms with Crippen LogP contribution in [-0.4, -0.2) is 111 Å². The summed E-state index contributed by atoms with van der Waals surface area (Å²) in [5, 5.41) is 20.3. The van der Waals surface area contributed by atoms with Crippen LogP contribution in [0.3, 0.4) is 0 Å². The van der Waals surface area contributed by atoms with Gasteiger partial charge in [0.05, 0.1) is 37.1 Å². The number of piperidine rings is 1. The molecule has 2 aliphatic rings. The van der Waals surface area contributed by atoms with Gasteiger partial charge in [0.2, 0.25) is 17.7 Å². The van der Waals surface area contributed by atoms with Crippen LogP contribution in [0.25, 0.3) is 11.3 Å².